The Morgan fingerprint density at radius 1 is 0.964 bits per heavy atom. The molecule has 1 aromatic heterocycles. The quantitative estimate of drug-likeness (QED) is 0.398. The Bertz CT molecular complexity index is 900. The first-order valence-corrected chi connectivity index (χ1v) is 9.09. The van der Waals surface area contributed by atoms with Crippen molar-refractivity contribution in [2.75, 3.05) is 6.61 Å². The van der Waals surface area contributed by atoms with Crippen molar-refractivity contribution >= 4 is 23.0 Å². The van der Waals surface area contributed by atoms with Gasteiger partial charge in [-0.25, -0.2) is 4.98 Å². The van der Waals surface area contributed by atoms with Crippen LogP contribution in [0.4, 0.5) is 0 Å². The Balaban J connectivity index is 1.43. The van der Waals surface area contributed by atoms with Crippen molar-refractivity contribution in [1.82, 2.24) is 4.98 Å². The zero-order chi connectivity index (χ0) is 19.9. The molecule has 0 spiro atoms. The van der Waals surface area contributed by atoms with E-state index in [4.69, 9.17) is 19.4 Å². The number of para-hydroxylation sites is 2. The lowest BCUT2D eigenvalue weighted by atomic mass is 10.0. The maximum atomic E-state index is 10.8. The highest BCUT2D eigenvalue weighted by Crippen LogP contribution is 2.25. The topological polar surface area (TPSA) is 110 Å². The van der Waals surface area contributed by atoms with Crippen LogP contribution in [0.2, 0.25) is 0 Å². The number of rotatable bonds is 10. The molecular formula is C21H21NO6. The van der Waals surface area contributed by atoms with Gasteiger partial charge in [-0.05, 0) is 49.2 Å². The van der Waals surface area contributed by atoms with Gasteiger partial charge in [0.05, 0.1) is 6.61 Å². The zero-order valence-corrected chi connectivity index (χ0v) is 15.2. The minimum Gasteiger partial charge on any atom is -0.494 e. The summed E-state index contributed by atoms with van der Waals surface area (Å²) in [5, 5.41) is 17.6. The number of carboxylic acids is 2. The lowest BCUT2D eigenvalue weighted by molar-refractivity contribution is -0.154. The number of nitrogens with zero attached hydrogens (tertiary/aromatic N) is 1. The van der Waals surface area contributed by atoms with Crippen LogP contribution in [0.3, 0.4) is 0 Å². The minimum atomic E-state index is -1.33. The number of unbranched alkanes of at least 4 members (excludes halogenated alkanes) is 2. The molecule has 0 amide bonds. The summed E-state index contributed by atoms with van der Waals surface area (Å²) in [6, 6.07) is 15.0. The average molecular weight is 383 g/mol. The summed E-state index contributed by atoms with van der Waals surface area (Å²) in [4.78, 5) is 26.1. The van der Waals surface area contributed by atoms with Crippen LogP contribution in [-0.4, -0.2) is 33.7 Å². The third-order valence-electron chi connectivity index (χ3n) is 4.40. The summed E-state index contributed by atoms with van der Waals surface area (Å²) < 4.78 is 11.4. The van der Waals surface area contributed by atoms with E-state index in [1.54, 1.807) is 0 Å². The first-order valence-electron chi connectivity index (χ1n) is 9.09. The van der Waals surface area contributed by atoms with Crippen molar-refractivity contribution in [3.8, 4) is 17.2 Å². The molecule has 2 aromatic carbocycles. The van der Waals surface area contributed by atoms with Gasteiger partial charge in [-0.3, -0.25) is 9.59 Å². The lowest BCUT2D eigenvalue weighted by Gasteiger charge is -2.08. The Kier molecular flexibility index (Phi) is 6.26. The predicted molar refractivity (Wildman–Crippen MR) is 102 cm³/mol. The zero-order valence-electron chi connectivity index (χ0n) is 15.2. The summed E-state index contributed by atoms with van der Waals surface area (Å²) in [6.45, 7) is 0.479. The van der Waals surface area contributed by atoms with Gasteiger partial charge in [0.25, 0.3) is 0 Å². The van der Waals surface area contributed by atoms with E-state index >= 15 is 0 Å². The third kappa shape index (κ3) is 4.88. The number of hydrogen-bond acceptors (Lipinski definition) is 5. The van der Waals surface area contributed by atoms with E-state index in [0.29, 0.717) is 31.1 Å². The van der Waals surface area contributed by atoms with Gasteiger partial charge in [0.2, 0.25) is 5.89 Å². The first-order chi connectivity index (χ1) is 13.5. The standard InChI is InChI=1S/C21H21NO6/c23-20(24)16(21(25)26)6-2-1-5-13-27-15-11-9-14(10-12-15)19-22-17-7-3-4-8-18(17)28-19/h3-4,7-12,16H,1-2,5-6,13H2,(H,23,24)(H,25,26). The molecule has 3 aromatic rings. The lowest BCUT2D eigenvalue weighted by Crippen LogP contribution is -2.23. The Morgan fingerprint density at radius 3 is 2.36 bits per heavy atom. The Hall–Kier alpha value is -3.35. The molecule has 3 rings (SSSR count). The largest absolute Gasteiger partial charge is 0.494 e. The van der Waals surface area contributed by atoms with Crippen molar-refractivity contribution in [3.63, 3.8) is 0 Å². The maximum Gasteiger partial charge on any atom is 0.317 e. The summed E-state index contributed by atoms with van der Waals surface area (Å²) in [5.41, 5.74) is 2.41. The molecule has 0 saturated heterocycles. The molecule has 7 nitrogen and oxygen atoms in total. The Labute approximate surface area is 161 Å². The molecule has 0 aliphatic carbocycles. The van der Waals surface area contributed by atoms with Gasteiger partial charge in [-0.1, -0.05) is 25.0 Å². The molecular weight excluding hydrogens is 362 g/mol. The second-order valence-corrected chi connectivity index (χ2v) is 6.44. The number of fused-ring (bicyclic) bond motifs is 1. The molecule has 7 heteroatoms. The van der Waals surface area contributed by atoms with Crippen molar-refractivity contribution in [2.24, 2.45) is 5.92 Å². The molecule has 0 radical (unpaired) electrons. The van der Waals surface area contributed by atoms with Crippen LogP contribution in [-0.2, 0) is 9.59 Å². The van der Waals surface area contributed by atoms with Crippen LogP contribution in [0, 0.1) is 5.92 Å². The number of aromatic nitrogens is 1. The molecule has 2 N–H and O–H groups in total. The second kappa shape index (κ2) is 9.03. The molecule has 0 aliphatic rings. The van der Waals surface area contributed by atoms with Crippen molar-refractivity contribution < 1.29 is 29.0 Å². The summed E-state index contributed by atoms with van der Waals surface area (Å²) in [7, 11) is 0. The van der Waals surface area contributed by atoms with Crippen LogP contribution >= 0.6 is 0 Å². The third-order valence-corrected chi connectivity index (χ3v) is 4.40. The normalized spacial score (nSPS) is 11.0. The summed E-state index contributed by atoms with van der Waals surface area (Å²) in [6.07, 6.45) is 2.09. The SMILES string of the molecule is O=C(O)C(CCCCCOc1ccc(-c2nc3ccccc3o2)cc1)C(=O)O. The second-order valence-electron chi connectivity index (χ2n) is 6.44. The molecule has 0 saturated carbocycles. The first kappa shape index (κ1) is 19.4. The van der Waals surface area contributed by atoms with Crippen molar-refractivity contribution in [2.45, 2.75) is 25.7 Å². The molecule has 0 fully saturated rings. The van der Waals surface area contributed by atoms with Gasteiger partial charge >= 0.3 is 11.9 Å². The molecule has 0 unspecified atom stereocenters. The number of oxazole rings is 1. The van der Waals surface area contributed by atoms with E-state index < -0.39 is 17.9 Å². The van der Waals surface area contributed by atoms with E-state index in [0.717, 1.165) is 23.1 Å². The van der Waals surface area contributed by atoms with Gasteiger partial charge in [0.1, 0.15) is 11.3 Å². The summed E-state index contributed by atoms with van der Waals surface area (Å²) >= 11 is 0. The number of ether oxygens (including phenoxy) is 1. The van der Waals surface area contributed by atoms with Gasteiger partial charge in [-0.2, -0.15) is 0 Å². The van der Waals surface area contributed by atoms with Crippen LogP contribution in [0.15, 0.2) is 52.9 Å². The van der Waals surface area contributed by atoms with Crippen molar-refractivity contribution in [3.05, 3.63) is 48.5 Å². The Morgan fingerprint density at radius 2 is 1.68 bits per heavy atom. The fourth-order valence-corrected chi connectivity index (χ4v) is 2.86. The fourth-order valence-electron chi connectivity index (χ4n) is 2.86. The van der Waals surface area contributed by atoms with E-state index in [-0.39, 0.29) is 6.42 Å². The minimum absolute atomic E-state index is 0.129. The average Bonchev–Trinajstić information content (AvgIpc) is 3.11. The van der Waals surface area contributed by atoms with Crippen LogP contribution in [0.25, 0.3) is 22.6 Å². The molecule has 146 valence electrons. The summed E-state index contributed by atoms with van der Waals surface area (Å²) in [5.74, 6) is -2.64. The monoisotopic (exact) mass is 383 g/mol. The van der Waals surface area contributed by atoms with Crippen molar-refractivity contribution in [1.29, 1.82) is 0 Å². The van der Waals surface area contributed by atoms with Gasteiger partial charge in [0.15, 0.2) is 11.5 Å². The highest BCUT2D eigenvalue weighted by molar-refractivity contribution is 5.92. The smallest absolute Gasteiger partial charge is 0.317 e. The van der Waals surface area contributed by atoms with E-state index in [9.17, 15) is 9.59 Å². The highest BCUT2D eigenvalue weighted by Gasteiger charge is 2.24. The maximum absolute atomic E-state index is 10.8. The van der Waals surface area contributed by atoms with Crippen LogP contribution < -0.4 is 4.74 Å². The molecule has 1 heterocycles. The van der Waals surface area contributed by atoms with E-state index in [1.807, 2.05) is 48.5 Å². The van der Waals surface area contributed by atoms with Crippen LogP contribution in [0.5, 0.6) is 5.75 Å². The van der Waals surface area contributed by atoms with E-state index in [2.05, 4.69) is 4.98 Å². The number of benzene rings is 2. The molecule has 0 aliphatic heterocycles. The predicted octanol–water partition coefficient (Wildman–Crippen LogP) is 4.22. The number of carboxylic acid groups (broad SMARTS) is 2. The number of aliphatic carboxylic acids is 2. The molecule has 0 atom stereocenters. The number of carbonyl (C=O) groups is 2. The van der Waals surface area contributed by atoms with Gasteiger partial charge < -0.3 is 19.4 Å². The molecule has 0 bridgehead atoms. The van der Waals surface area contributed by atoms with Gasteiger partial charge in [0, 0.05) is 5.56 Å². The van der Waals surface area contributed by atoms with Crippen LogP contribution in [0.1, 0.15) is 25.7 Å². The van der Waals surface area contributed by atoms with Gasteiger partial charge in [-0.15, -0.1) is 0 Å². The highest BCUT2D eigenvalue weighted by atomic mass is 16.5. The molecule has 28 heavy (non-hydrogen) atoms. The number of hydrogen-bond donors (Lipinski definition) is 2. The van der Waals surface area contributed by atoms with E-state index in [1.165, 1.54) is 0 Å². The fraction of sp³-hybridized carbons (Fsp3) is 0.286.